The van der Waals surface area contributed by atoms with Gasteiger partial charge in [-0.25, -0.2) is 0 Å². The van der Waals surface area contributed by atoms with E-state index in [-0.39, 0.29) is 5.91 Å². The average molecular weight is 327 g/mol. The maximum Gasteiger partial charge on any atom is 0.269 e. The fourth-order valence-corrected chi connectivity index (χ4v) is 3.22. The van der Waals surface area contributed by atoms with E-state index in [9.17, 15) is 4.79 Å². The van der Waals surface area contributed by atoms with Crippen molar-refractivity contribution in [2.24, 2.45) is 7.05 Å². The van der Waals surface area contributed by atoms with Gasteiger partial charge in [0.1, 0.15) is 5.69 Å². The molecule has 3 rings (SSSR count). The second-order valence-corrected chi connectivity index (χ2v) is 6.32. The molecule has 2 heterocycles. The van der Waals surface area contributed by atoms with Gasteiger partial charge in [-0.2, -0.15) is 5.10 Å². The first-order chi connectivity index (χ1) is 11.6. The van der Waals surface area contributed by atoms with Gasteiger partial charge in [0.05, 0.1) is 0 Å². The number of carbonyl (C=O) groups is 1. The van der Waals surface area contributed by atoms with Crippen LogP contribution >= 0.6 is 0 Å². The molecule has 24 heavy (non-hydrogen) atoms. The van der Waals surface area contributed by atoms with Crippen molar-refractivity contribution in [2.45, 2.75) is 6.04 Å². The number of likely N-dealkylation sites (N-methyl/N-ethyl adjacent to an activating group) is 1. The largest absolute Gasteiger partial charge is 0.349 e. The van der Waals surface area contributed by atoms with Crippen molar-refractivity contribution in [3.63, 3.8) is 0 Å². The predicted molar refractivity (Wildman–Crippen MR) is 93.8 cm³/mol. The first kappa shape index (κ1) is 16.7. The third-order valence-electron chi connectivity index (χ3n) is 4.62. The number of aromatic nitrogens is 2. The molecule has 0 saturated carbocycles. The van der Waals surface area contributed by atoms with E-state index in [0.717, 1.165) is 26.2 Å². The van der Waals surface area contributed by atoms with E-state index in [1.165, 1.54) is 5.56 Å². The molecular formula is C18H25N5O. The Hall–Kier alpha value is -2.18. The normalized spacial score (nSPS) is 19.3. The number of hydrogen-bond acceptors (Lipinski definition) is 4. The van der Waals surface area contributed by atoms with E-state index >= 15 is 0 Å². The van der Waals surface area contributed by atoms with Gasteiger partial charge in [-0.1, -0.05) is 30.3 Å². The predicted octanol–water partition coefficient (Wildman–Crippen LogP) is 1.14. The molecule has 0 radical (unpaired) electrons. The minimum absolute atomic E-state index is 0.0691. The molecule has 2 aromatic rings. The van der Waals surface area contributed by atoms with Crippen LogP contribution in [0.4, 0.5) is 0 Å². The summed E-state index contributed by atoms with van der Waals surface area (Å²) in [5, 5.41) is 7.04. The zero-order valence-corrected chi connectivity index (χ0v) is 14.4. The van der Waals surface area contributed by atoms with E-state index in [0.29, 0.717) is 18.3 Å². The zero-order valence-electron chi connectivity index (χ0n) is 14.4. The van der Waals surface area contributed by atoms with Crippen molar-refractivity contribution in [3.8, 4) is 0 Å². The first-order valence-corrected chi connectivity index (χ1v) is 8.39. The Morgan fingerprint density at radius 3 is 2.71 bits per heavy atom. The van der Waals surface area contributed by atoms with Crippen molar-refractivity contribution >= 4 is 5.91 Å². The van der Waals surface area contributed by atoms with Crippen LogP contribution in [0.2, 0.25) is 0 Å². The Morgan fingerprint density at radius 1 is 1.21 bits per heavy atom. The van der Waals surface area contributed by atoms with Gasteiger partial charge in [-0.3, -0.25) is 14.4 Å². The van der Waals surface area contributed by atoms with Crippen LogP contribution in [0.15, 0.2) is 42.6 Å². The van der Waals surface area contributed by atoms with E-state index in [2.05, 4.69) is 57.6 Å². The molecule has 1 N–H and O–H groups in total. The summed E-state index contributed by atoms with van der Waals surface area (Å²) in [7, 11) is 3.94. The van der Waals surface area contributed by atoms with Gasteiger partial charge in [0, 0.05) is 52.0 Å². The van der Waals surface area contributed by atoms with E-state index in [1.807, 2.05) is 0 Å². The number of nitrogens with one attached hydrogen (secondary N) is 1. The summed E-state index contributed by atoms with van der Waals surface area (Å²) in [6, 6.07) is 12.7. The number of piperazine rings is 1. The maximum absolute atomic E-state index is 12.2. The molecule has 0 aliphatic carbocycles. The number of amides is 1. The van der Waals surface area contributed by atoms with Crippen LogP contribution in [-0.2, 0) is 7.05 Å². The second-order valence-electron chi connectivity index (χ2n) is 6.32. The molecule has 128 valence electrons. The van der Waals surface area contributed by atoms with Crippen LogP contribution < -0.4 is 5.32 Å². The molecule has 1 atom stereocenters. The summed E-state index contributed by atoms with van der Waals surface area (Å²) in [6.45, 7) is 4.56. The number of nitrogens with zero attached hydrogens (tertiary/aromatic N) is 4. The van der Waals surface area contributed by atoms with Gasteiger partial charge in [-0.05, 0) is 18.7 Å². The van der Waals surface area contributed by atoms with E-state index in [4.69, 9.17) is 0 Å². The van der Waals surface area contributed by atoms with Gasteiger partial charge in [-0.15, -0.1) is 0 Å². The lowest BCUT2D eigenvalue weighted by atomic mass is 10.0. The minimum atomic E-state index is -0.0691. The number of aryl methyl sites for hydroxylation is 1. The second kappa shape index (κ2) is 7.59. The quantitative estimate of drug-likeness (QED) is 0.895. The SMILES string of the molecule is CN1CCN(CCNC(=O)c2ccnn2C)C(c2ccccc2)C1. The van der Waals surface area contributed by atoms with Crippen LogP contribution in [-0.4, -0.2) is 65.3 Å². The van der Waals surface area contributed by atoms with E-state index < -0.39 is 0 Å². The highest BCUT2D eigenvalue weighted by Crippen LogP contribution is 2.24. The molecule has 1 fully saturated rings. The fourth-order valence-electron chi connectivity index (χ4n) is 3.22. The topological polar surface area (TPSA) is 53.4 Å². The molecule has 0 bridgehead atoms. The summed E-state index contributed by atoms with van der Waals surface area (Å²) in [6.07, 6.45) is 1.64. The van der Waals surface area contributed by atoms with Crippen molar-refractivity contribution in [1.29, 1.82) is 0 Å². The zero-order chi connectivity index (χ0) is 16.9. The summed E-state index contributed by atoms with van der Waals surface area (Å²) < 4.78 is 1.60. The number of carbonyl (C=O) groups excluding carboxylic acids is 1. The Labute approximate surface area is 143 Å². The molecule has 1 aromatic carbocycles. The molecule has 1 aliphatic rings. The fraction of sp³-hybridized carbons (Fsp3) is 0.444. The summed E-state index contributed by atoms with van der Waals surface area (Å²) in [4.78, 5) is 17.0. The van der Waals surface area contributed by atoms with Crippen molar-refractivity contribution in [2.75, 3.05) is 39.8 Å². The van der Waals surface area contributed by atoms with Gasteiger partial charge < -0.3 is 10.2 Å². The van der Waals surface area contributed by atoms with Gasteiger partial charge in [0.15, 0.2) is 0 Å². The van der Waals surface area contributed by atoms with Crippen LogP contribution in [0, 0.1) is 0 Å². The van der Waals surface area contributed by atoms with Crippen molar-refractivity contribution < 1.29 is 4.79 Å². The van der Waals surface area contributed by atoms with Crippen LogP contribution in [0.25, 0.3) is 0 Å². The number of hydrogen-bond donors (Lipinski definition) is 1. The van der Waals surface area contributed by atoms with E-state index in [1.54, 1.807) is 24.0 Å². The van der Waals surface area contributed by atoms with Crippen molar-refractivity contribution in [1.82, 2.24) is 24.9 Å². The molecule has 1 aliphatic heterocycles. The Balaban J connectivity index is 1.58. The van der Waals surface area contributed by atoms with Crippen LogP contribution in [0.3, 0.4) is 0 Å². The average Bonchev–Trinajstić information content (AvgIpc) is 3.03. The molecule has 1 saturated heterocycles. The lowest BCUT2D eigenvalue weighted by molar-refractivity contribution is 0.0838. The third-order valence-corrected chi connectivity index (χ3v) is 4.62. The first-order valence-electron chi connectivity index (χ1n) is 8.39. The van der Waals surface area contributed by atoms with Crippen LogP contribution in [0.5, 0.6) is 0 Å². The minimum Gasteiger partial charge on any atom is -0.349 e. The van der Waals surface area contributed by atoms with Crippen LogP contribution in [0.1, 0.15) is 22.1 Å². The highest BCUT2D eigenvalue weighted by atomic mass is 16.2. The summed E-state index contributed by atoms with van der Waals surface area (Å²) >= 11 is 0. The lowest BCUT2D eigenvalue weighted by Gasteiger charge is -2.40. The summed E-state index contributed by atoms with van der Waals surface area (Å²) in [5.74, 6) is -0.0691. The third kappa shape index (κ3) is 3.83. The monoisotopic (exact) mass is 327 g/mol. The van der Waals surface area contributed by atoms with Gasteiger partial charge in [0.25, 0.3) is 5.91 Å². The Bertz CT molecular complexity index is 669. The molecule has 0 spiro atoms. The molecular weight excluding hydrogens is 302 g/mol. The smallest absolute Gasteiger partial charge is 0.269 e. The highest BCUT2D eigenvalue weighted by molar-refractivity contribution is 5.92. The standard InChI is InChI=1S/C18H25N5O/c1-21-12-13-23(17(14-21)15-6-4-3-5-7-15)11-10-19-18(24)16-8-9-20-22(16)2/h3-9,17H,10-14H2,1-2H3,(H,19,24). The maximum atomic E-state index is 12.2. The highest BCUT2D eigenvalue weighted by Gasteiger charge is 2.26. The Kier molecular flexibility index (Phi) is 5.27. The summed E-state index contributed by atoms with van der Waals surface area (Å²) in [5.41, 5.74) is 1.93. The Morgan fingerprint density at radius 2 is 2.00 bits per heavy atom. The number of benzene rings is 1. The molecule has 6 heteroatoms. The molecule has 1 amide bonds. The van der Waals surface area contributed by atoms with Gasteiger partial charge >= 0.3 is 0 Å². The lowest BCUT2D eigenvalue weighted by Crippen LogP contribution is -2.49. The molecule has 6 nitrogen and oxygen atoms in total. The molecule has 1 unspecified atom stereocenters. The van der Waals surface area contributed by atoms with Gasteiger partial charge in [0.2, 0.25) is 0 Å². The van der Waals surface area contributed by atoms with Crippen molar-refractivity contribution in [3.05, 3.63) is 53.9 Å². The number of rotatable bonds is 5. The molecule has 1 aromatic heterocycles.